The second-order valence-electron chi connectivity index (χ2n) is 2.27. The number of hydrogen-bond acceptors (Lipinski definition) is 4. The summed E-state index contributed by atoms with van der Waals surface area (Å²) in [6, 6.07) is 0. The summed E-state index contributed by atoms with van der Waals surface area (Å²) >= 11 is 0. The predicted octanol–water partition coefficient (Wildman–Crippen LogP) is -5.59. The summed E-state index contributed by atoms with van der Waals surface area (Å²) in [6.07, 6.45) is 0. The van der Waals surface area contributed by atoms with E-state index in [0.717, 1.165) is 0 Å². The molecule has 0 heterocycles. The second-order valence-corrected chi connectivity index (χ2v) is 3.25. The van der Waals surface area contributed by atoms with E-state index < -0.39 is 7.82 Å². The minimum absolute atomic E-state index is 0. The number of rotatable bonds is 0. The van der Waals surface area contributed by atoms with Crippen molar-refractivity contribution in [3.8, 4) is 0 Å². The van der Waals surface area contributed by atoms with E-state index in [4.69, 9.17) is 35.8 Å². The fraction of sp³-hybridized carbons (Fsp3) is 0.500. The van der Waals surface area contributed by atoms with Gasteiger partial charge in [0.1, 0.15) is 0 Å². The minimum atomic E-state index is -4.89. The molecule has 84 valence electrons. The summed E-state index contributed by atoms with van der Waals surface area (Å²) in [5.74, 6) is -0.101. The number of guanidine groups is 2. The molecule has 0 aliphatic carbocycles. The molecule has 0 aliphatic heterocycles. The van der Waals surface area contributed by atoms with Crippen LogP contribution in [0.25, 0.3) is 0 Å². The van der Waals surface area contributed by atoms with Crippen molar-refractivity contribution in [3.05, 3.63) is 0 Å². The Bertz CT molecular complexity index is 245. The van der Waals surface area contributed by atoms with Crippen molar-refractivity contribution >= 4 is 19.7 Å². The maximum atomic E-state index is 8.77. The minimum Gasteiger partial charge on any atom is -0.756 e. The van der Waals surface area contributed by atoms with Gasteiger partial charge in [0, 0.05) is 14.1 Å². The van der Waals surface area contributed by atoms with Crippen molar-refractivity contribution in [2.24, 2.45) is 5.73 Å². The van der Waals surface area contributed by atoms with Gasteiger partial charge in [-0.05, 0) is 0 Å². The molecular weight excluding hydrogens is 346 g/mol. The third kappa shape index (κ3) is 31.3. The molecule has 0 radical (unpaired) electrons. The Morgan fingerprint density at radius 1 is 1.47 bits per heavy atom. The van der Waals surface area contributed by atoms with Gasteiger partial charge >= 0.3 is 68.9 Å². The Balaban J connectivity index is -0.000000208. The van der Waals surface area contributed by atoms with Crippen LogP contribution >= 0.6 is 7.82 Å². The average molecular weight is 359 g/mol. The first-order chi connectivity index (χ1) is 6.04. The van der Waals surface area contributed by atoms with Crippen molar-refractivity contribution < 1.29 is 88.1 Å². The van der Waals surface area contributed by atoms with Gasteiger partial charge in [-0.1, -0.05) is 0 Å². The molecule has 11 heteroatoms. The molecule has 0 aliphatic rings. The van der Waals surface area contributed by atoms with Crippen molar-refractivity contribution in [3.63, 3.8) is 0 Å². The number of nitrogens with zero attached hydrogens (tertiary/aromatic N) is 1. The molecule has 0 aromatic heterocycles. The van der Waals surface area contributed by atoms with Gasteiger partial charge in [0.05, 0.1) is 0 Å². The molecule has 0 atom stereocenters. The van der Waals surface area contributed by atoms with Crippen LogP contribution in [0.1, 0.15) is 0 Å². The van der Waals surface area contributed by atoms with Crippen LogP contribution in [0.5, 0.6) is 0 Å². The topological polar surface area (TPSA) is 170 Å². The molecule has 0 rings (SSSR count). The third-order valence-electron chi connectivity index (χ3n) is 0.700. The van der Waals surface area contributed by atoms with Crippen molar-refractivity contribution in [1.82, 2.24) is 10.2 Å². The first kappa shape index (κ1) is 21.2. The van der Waals surface area contributed by atoms with E-state index >= 15 is 0 Å². The number of phosphoric acid groups is 1. The molecular formula is C4H13CsN5O4P. The molecule has 0 aromatic rings. The van der Waals surface area contributed by atoms with Crippen LogP contribution in [0, 0.1) is 10.8 Å². The molecule has 9 nitrogen and oxygen atoms in total. The molecule has 0 unspecified atom stereocenters. The maximum Gasteiger partial charge on any atom is 1.00 e. The zero-order valence-corrected chi connectivity index (χ0v) is 15.9. The van der Waals surface area contributed by atoms with Gasteiger partial charge in [-0.3, -0.25) is 20.7 Å². The molecule has 0 amide bonds. The number of nitrogens with one attached hydrogen (secondary N) is 3. The van der Waals surface area contributed by atoms with Gasteiger partial charge in [-0.2, -0.15) is 0 Å². The summed E-state index contributed by atoms with van der Waals surface area (Å²) in [5.41, 5.74) is 4.94. The third-order valence-corrected chi connectivity index (χ3v) is 0.700. The van der Waals surface area contributed by atoms with E-state index in [-0.39, 0.29) is 80.8 Å². The number of nitrogens with two attached hydrogens (primary N) is 1. The molecule has 15 heavy (non-hydrogen) atoms. The molecule has 0 saturated heterocycles. The van der Waals surface area contributed by atoms with E-state index in [1.165, 1.54) is 4.90 Å². The van der Waals surface area contributed by atoms with Crippen LogP contribution < -0.4 is 84.8 Å². The Kier molecular flexibility index (Phi) is 14.3. The van der Waals surface area contributed by atoms with Crippen molar-refractivity contribution in [2.75, 3.05) is 14.1 Å². The molecule has 0 fully saturated rings. The first-order valence-electron chi connectivity index (χ1n) is 3.17. The second kappa shape index (κ2) is 10.1. The van der Waals surface area contributed by atoms with Gasteiger partial charge in [0.2, 0.25) is 0 Å². The van der Waals surface area contributed by atoms with Crippen LogP contribution in [0.4, 0.5) is 0 Å². The van der Waals surface area contributed by atoms with Crippen molar-refractivity contribution in [1.29, 1.82) is 10.8 Å². The van der Waals surface area contributed by atoms with Gasteiger partial charge in [-0.25, -0.2) is 0 Å². The Morgan fingerprint density at radius 3 is 1.80 bits per heavy atom. The summed E-state index contributed by atoms with van der Waals surface area (Å²) in [6.45, 7) is 0. The molecule has 0 saturated carbocycles. The largest absolute Gasteiger partial charge is 1.00 e. The first-order valence-corrected chi connectivity index (χ1v) is 4.70. The Morgan fingerprint density at radius 2 is 1.73 bits per heavy atom. The fourth-order valence-corrected chi connectivity index (χ4v) is 0.239. The fourth-order valence-electron chi connectivity index (χ4n) is 0.239. The van der Waals surface area contributed by atoms with E-state index in [9.17, 15) is 0 Å². The number of hydrogen-bond donors (Lipinski definition) is 6. The van der Waals surface area contributed by atoms with E-state index in [2.05, 4.69) is 5.32 Å². The molecule has 0 spiro atoms. The van der Waals surface area contributed by atoms with Crippen LogP contribution in [0.2, 0.25) is 0 Å². The van der Waals surface area contributed by atoms with Gasteiger partial charge in [-0.15, -0.1) is 0 Å². The normalized spacial score (nSPS) is 8.87. The van der Waals surface area contributed by atoms with E-state index in [1.54, 1.807) is 14.1 Å². The van der Waals surface area contributed by atoms with Crippen molar-refractivity contribution in [2.45, 2.75) is 0 Å². The summed E-state index contributed by atoms with van der Waals surface area (Å²) < 4.78 is 8.77. The van der Waals surface area contributed by atoms with Crippen LogP contribution in [-0.4, -0.2) is 40.7 Å². The van der Waals surface area contributed by atoms with Gasteiger partial charge in [0.25, 0.3) is 7.82 Å². The SMILES string of the molecule is CN(C)C(=N)NC(=N)N.O=P([O-])(O)O.[Cs+]. The van der Waals surface area contributed by atoms with Crippen LogP contribution in [-0.2, 0) is 4.57 Å². The molecule has 0 aromatic carbocycles. The zero-order valence-electron chi connectivity index (χ0n) is 8.68. The summed E-state index contributed by atoms with van der Waals surface area (Å²) in [5, 5.41) is 16.1. The maximum absolute atomic E-state index is 8.77. The average Bonchev–Trinajstić information content (AvgIpc) is 1.80. The van der Waals surface area contributed by atoms with Crippen LogP contribution in [0.3, 0.4) is 0 Å². The van der Waals surface area contributed by atoms with Gasteiger partial charge < -0.3 is 25.3 Å². The van der Waals surface area contributed by atoms with E-state index in [0.29, 0.717) is 0 Å². The van der Waals surface area contributed by atoms with Crippen LogP contribution in [0.15, 0.2) is 0 Å². The Hall–Kier alpha value is 0.902. The summed E-state index contributed by atoms with van der Waals surface area (Å²) in [7, 11) is -1.50. The molecule has 0 bridgehead atoms. The summed E-state index contributed by atoms with van der Waals surface area (Å²) in [4.78, 5) is 24.4. The monoisotopic (exact) mass is 359 g/mol. The predicted molar refractivity (Wildman–Crippen MR) is 48.5 cm³/mol. The quantitative estimate of drug-likeness (QED) is 0.142. The smallest absolute Gasteiger partial charge is 0.756 e. The van der Waals surface area contributed by atoms with Gasteiger partial charge in [0.15, 0.2) is 11.9 Å². The van der Waals surface area contributed by atoms with E-state index in [1.807, 2.05) is 0 Å². The molecule has 7 N–H and O–H groups in total. The zero-order chi connectivity index (χ0) is 11.9. The Labute approximate surface area is 146 Å². The standard InChI is InChI=1S/C4H11N5.Cs.H3O4P/c1-9(2)4(7)8-3(5)6;;1-5(2,3)4/h1-2H3,(H5,5,6,7,8);;(H3,1,2,3,4)/q;+1;/p-1.